The lowest BCUT2D eigenvalue weighted by Crippen LogP contribution is -2.24. The zero-order valence-corrected chi connectivity index (χ0v) is 13.6. The Hall–Kier alpha value is -1.21. The summed E-state index contributed by atoms with van der Waals surface area (Å²) in [6.45, 7) is 18.9. The van der Waals surface area contributed by atoms with Gasteiger partial charge in [-0.3, -0.25) is 0 Å². The van der Waals surface area contributed by atoms with Gasteiger partial charge >= 0.3 is 0 Å². The van der Waals surface area contributed by atoms with Gasteiger partial charge in [0.15, 0.2) is 4.90 Å². The fraction of sp³-hybridized carbons (Fsp3) is 0.333. The molecule has 0 aliphatic heterocycles. The standard InChI is InChI=1S/C18H24S/c1-8-9-10-16(5)18(6,7)19-17-14(3)11-13(2)12-15(17)4/h8-12H,1,5H2,2-4,6-7H3/p+1/b10-9-. The highest BCUT2D eigenvalue weighted by Crippen LogP contribution is 2.29. The first-order valence-corrected chi connectivity index (χ1v) is 7.46. The number of allylic oxidation sites excluding steroid dienone is 3. The Kier molecular flexibility index (Phi) is 5.25. The van der Waals surface area contributed by atoms with E-state index in [0.717, 1.165) is 5.57 Å². The number of benzene rings is 1. The van der Waals surface area contributed by atoms with E-state index in [1.165, 1.54) is 33.3 Å². The van der Waals surface area contributed by atoms with Crippen molar-refractivity contribution in [3.63, 3.8) is 0 Å². The fourth-order valence-electron chi connectivity index (χ4n) is 2.09. The lowest BCUT2D eigenvalue weighted by Gasteiger charge is -2.19. The third-order valence-corrected chi connectivity index (χ3v) is 5.02. The van der Waals surface area contributed by atoms with Gasteiger partial charge in [-0.2, -0.15) is 0 Å². The summed E-state index contributed by atoms with van der Waals surface area (Å²) in [6.07, 6.45) is 5.80. The number of rotatable bonds is 5. The fourth-order valence-corrected chi connectivity index (χ4v) is 3.35. The average molecular weight is 273 g/mol. The SMILES string of the molecule is C=C/C=C\C(=C)C(C)(C)[SH+]c1c(C)cc(C)cc1C. The highest BCUT2D eigenvalue weighted by molar-refractivity contribution is 7.80. The normalized spacial score (nSPS) is 11.8. The highest BCUT2D eigenvalue weighted by atomic mass is 32.2. The third-order valence-electron chi connectivity index (χ3n) is 3.25. The molecule has 1 aromatic carbocycles. The molecule has 0 bridgehead atoms. The van der Waals surface area contributed by atoms with Gasteiger partial charge in [0.1, 0.15) is 4.75 Å². The molecule has 1 rings (SSSR count). The van der Waals surface area contributed by atoms with Gasteiger partial charge in [-0.25, -0.2) is 0 Å². The Morgan fingerprint density at radius 1 is 1.16 bits per heavy atom. The zero-order valence-electron chi connectivity index (χ0n) is 12.7. The Labute approximate surface area is 122 Å². The highest BCUT2D eigenvalue weighted by Gasteiger charge is 2.31. The first-order valence-electron chi connectivity index (χ1n) is 6.57. The molecule has 0 atom stereocenters. The molecule has 0 unspecified atom stereocenters. The van der Waals surface area contributed by atoms with E-state index in [9.17, 15) is 0 Å². The van der Waals surface area contributed by atoms with Crippen LogP contribution in [0.4, 0.5) is 0 Å². The van der Waals surface area contributed by atoms with E-state index >= 15 is 0 Å². The van der Waals surface area contributed by atoms with Crippen LogP contribution in [0.3, 0.4) is 0 Å². The number of aryl methyl sites for hydroxylation is 3. The van der Waals surface area contributed by atoms with Crippen molar-refractivity contribution in [2.24, 2.45) is 0 Å². The molecule has 0 heterocycles. The van der Waals surface area contributed by atoms with E-state index in [-0.39, 0.29) is 4.75 Å². The topological polar surface area (TPSA) is 0 Å². The van der Waals surface area contributed by atoms with Crippen molar-refractivity contribution in [3.8, 4) is 0 Å². The second-order valence-electron chi connectivity index (χ2n) is 5.54. The van der Waals surface area contributed by atoms with Crippen molar-refractivity contribution in [1.82, 2.24) is 0 Å². The molecule has 0 spiro atoms. The summed E-state index contributed by atoms with van der Waals surface area (Å²) in [6, 6.07) is 4.52. The smallest absolute Gasteiger partial charge is 0.0991 e. The number of hydrogen-bond donors (Lipinski definition) is 0. The maximum atomic E-state index is 4.20. The second kappa shape index (κ2) is 6.29. The summed E-state index contributed by atoms with van der Waals surface area (Å²) < 4.78 is 0.0320. The molecular formula is C18H25S+. The molecule has 0 aliphatic rings. The average Bonchev–Trinajstić information content (AvgIpc) is 2.30. The summed E-state index contributed by atoms with van der Waals surface area (Å²) >= 11 is 1.31. The number of thiol groups is 1. The molecular weight excluding hydrogens is 248 g/mol. The van der Waals surface area contributed by atoms with Crippen molar-refractivity contribution in [2.75, 3.05) is 0 Å². The minimum atomic E-state index is 0.0320. The van der Waals surface area contributed by atoms with Crippen molar-refractivity contribution in [2.45, 2.75) is 44.3 Å². The molecule has 19 heavy (non-hydrogen) atoms. The summed E-state index contributed by atoms with van der Waals surface area (Å²) in [4.78, 5) is 1.42. The molecule has 0 nitrogen and oxygen atoms in total. The predicted molar refractivity (Wildman–Crippen MR) is 90.2 cm³/mol. The first-order chi connectivity index (χ1) is 8.77. The molecule has 0 aromatic heterocycles. The van der Waals surface area contributed by atoms with Crippen LogP contribution < -0.4 is 0 Å². The molecule has 0 N–H and O–H groups in total. The van der Waals surface area contributed by atoms with E-state index in [1.54, 1.807) is 6.08 Å². The van der Waals surface area contributed by atoms with Crippen LogP contribution in [0.15, 0.2) is 54.0 Å². The zero-order chi connectivity index (χ0) is 14.6. The predicted octanol–water partition coefficient (Wildman–Crippen LogP) is 4.86. The largest absolute Gasteiger partial charge is 0.159 e. The van der Waals surface area contributed by atoms with Crippen LogP contribution in [0.1, 0.15) is 30.5 Å². The summed E-state index contributed by atoms with van der Waals surface area (Å²) in [5, 5.41) is 0. The molecule has 0 saturated heterocycles. The Balaban J connectivity index is 3.04. The second-order valence-corrected chi connectivity index (χ2v) is 7.33. The van der Waals surface area contributed by atoms with E-state index in [1.807, 2.05) is 6.08 Å². The van der Waals surface area contributed by atoms with Gasteiger partial charge in [-0.05, 0) is 40.2 Å². The number of hydrogen-bond acceptors (Lipinski definition) is 0. The van der Waals surface area contributed by atoms with Gasteiger partial charge in [-0.15, -0.1) is 0 Å². The molecule has 0 amide bonds. The van der Waals surface area contributed by atoms with Crippen LogP contribution in [0.5, 0.6) is 0 Å². The van der Waals surface area contributed by atoms with Gasteiger partial charge in [0.25, 0.3) is 0 Å². The summed E-state index contributed by atoms with van der Waals surface area (Å²) in [7, 11) is 0. The van der Waals surface area contributed by atoms with E-state index < -0.39 is 0 Å². The molecule has 0 saturated carbocycles. The van der Waals surface area contributed by atoms with E-state index in [2.05, 4.69) is 66.0 Å². The minimum absolute atomic E-state index is 0.0320. The third kappa shape index (κ3) is 4.14. The maximum absolute atomic E-state index is 4.20. The monoisotopic (exact) mass is 273 g/mol. The summed E-state index contributed by atoms with van der Waals surface area (Å²) in [5.74, 6) is 0. The molecule has 1 aromatic rings. The Morgan fingerprint density at radius 3 is 2.16 bits per heavy atom. The van der Waals surface area contributed by atoms with Gasteiger partial charge in [0.2, 0.25) is 0 Å². The van der Waals surface area contributed by atoms with Gasteiger partial charge in [0, 0.05) is 22.9 Å². The molecule has 1 heteroatoms. The Morgan fingerprint density at radius 2 is 1.68 bits per heavy atom. The molecule has 102 valence electrons. The van der Waals surface area contributed by atoms with Crippen LogP contribution in [0, 0.1) is 20.8 Å². The van der Waals surface area contributed by atoms with Crippen LogP contribution in [0.25, 0.3) is 0 Å². The van der Waals surface area contributed by atoms with E-state index in [4.69, 9.17) is 0 Å². The molecule has 0 radical (unpaired) electrons. The minimum Gasteiger partial charge on any atom is -0.0991 e. The van der Waals surface area contributed by atoms with Crippen LogP contribution in [-0.2, 0) is 11.8 Å². The maximum Gasteiger partial charge on any atom is 0.159 e. The van der Waals surface area contributed by atoms with Crippen LogP contribution in [0.2, 0.25) is 0 Å². The van der Waals surface area contributed by atoms with E-state index in [0.29, 0.717) is 0 Å². The van der Waals surface area contributed by atoms with Crippen LogP contribution in [-0.4, -0.2) is 4.75 Å². The van der Waals surface area contributed by atoms with Gasteiger partial charge < -0.3 is 0 Å². The van der Waals surface area contributed by atoms with Crippen molar-refractivity contribution >= 4 is 11.8 Å². The Bertz CT molecular complexity index is 495. The lowest BCUT2D eigenvalue weighted by atomic mass is 10.0. The first kappa shape index (κ1) is 15.8. The lowest BCUT2D eigenvalue weighted by molar-refractivity contribution is 0.854. The van der Waals surface area contributed by atoms with Crippen molar-refractivity contribution in [1.29, 1.82) is 0 Å². The molecule has 0 aliphatic carbocycles. The van der Waals surface area contributed by atoms with Gasteiger partial charge in [0.05, 0.1) is 0 Å². The van der Waals surface area contributed by atoms with Crippen LogP contribution >= 0.6 is 0 Å². The van der Waals surface area contributed by atoms with Gasteiger partial charge in [-0.1, -0.05) is 49.1 Å². The quantitative estimate of drug-likeness (QED) is 0.408. The summed E-state index contributed by atoms with van der Waals surface area (Å²) in [5.41, 5.74) is 5.20. The van der Waals surface area contributed by atoms with Crippen molar-refractivity contribution in [3.05, 3.63) is 65.8 Å². The van der Waals surface area contributed by atoms with Crippen molar-refractivity contribution < 1.29 is 0 Å². The molecule has 0 fully saturated rings.